The predicted octanol–water partition coefficient (Wildman–Crippen LogP) is 3.76. The Bertz CT molecular complexity index is 765. The Morgan fingerprint density at radius 1 is 1.18 bits per heavy atom. The lowest BCUT2D eigenvalue weighted by Gasteiger charge is -2.46. The molecule has 1 fully saturated rings. The largest absolute Gasteiger partial charge is 0.497 e. The lowest BCUT2D eigenvalue weighted by molar-refractivity contribution is -0.0632. The molecule has 0 radical (unpaired) electrons. The second-order valence-corrected chi connectivity index (χ2v) is 7.98. The van der Waals surface area contributed by atoms with Crippen molar-refractivity contribution < 1.29 is 19.0 Å². The minimum absolute atomic E-state index is 0.0130. The molecule has 1 saturated carbocycles. The average Bonchev–Trinajstić information content (AvgIpc) is 2.69. The van der Waals surface area contributed by atoms with E-state index in [2.05, 4.69) is 11.0 Å². The van der Waals surface area contributed by atoms with Crippen LogP contribution in [0.3, 0.4) is 0 Å². The summed E-state index contributed by atoms with van der Waals surface area (Å²) in [5.74, 6) is 0.557. The average molecular weight is 387 g/mol. The van der Waals surface area contributed by atoms with Gasteiger partial charge < -0.3 is 19.5 Å². The number of halogens is 1. The van der Waals surface area contributed by atoms with Gasteiger partial charge in [0.05, 0.1) is 25.9 Å². The first-order valence-electron chi connectivity index (χ1n) is 9.76. The summed E-state index contributed by atoms with van der Waals surface area (Å²) in [4.78, 5) is 2.13. The van der Waals surface area contributed by atoms with E-state index in [1.54, 1.807) is 19.2 Å². The summed E-state index contributed by atoms with van der Waals surface area (Å²) in [7, 11) is 5.73. The van der Waals surface area contributed by atoms with Gasteiger partial charge in [0.15, 0.2) is 0 Å². The highest BCUT2D eigenvalue weighted by Gasteiger charge is 2.45. The highest BCUT2D eigenvalue weighted by Crippen LogP contribution is 2.42. The van der Waals surface area contributed by atoms with Gasteiger partial charge in [-0.3, -0.25) is 0 Å². The molecule has 0 heterocycles. The molecule has 0 bridgehead atoms. The Kier molecular flexibility index (Phi) is 6.70. The number of ether oxygens (including phenoxy) is 2. The van der Waals surface area contributed by atoms with Gasteiger partial charge in [0, 0.05) is 18.4 Å². The van der Waals surface area contributed by atoms with Crippen LogP contribution in [0, 0.1) is 5.82 Å². The molecular formula is C23H30FNO3. The van der Waals surface area contributed by atoms with Crippen molar-refractivity contribution in [3.8, 4) is 5.75 Å². The number of methoxy groups -OCH3 is 1. The van der Waals surface area contributed by atoms with Crippen LogP contribution in [0.2, 0.25) is 0 Å². The topological polar surface area (TPSA) is 41.9 Å². The monoisotopic (exact) mass is 387 g/mol. The molecular weight excluding hydrogens is 357 g/mol. The van der Waals surface area contributed by atoms with E-state index in [9.17, 15) is 9.50 Å². The van der Waals surface area contributed by atoms with Crippen LogP contribution in [-0.2, 0) is 16.8 Å². The van der Waals surface area contributed by atoms with Gasteiger partial charge in [-0.1, -0.05) is 24.3 Å². The molecule has 3 atom stereocenters. The molecule has 0 saturated heterocycles. The molecule has 152 valence electrons. The summed E-state index contributed by atoms with van der Waals surface area (Å²) in [5.41, 5.74) is 1.69. The van der Waals surface area contributed by atoms with Gasteiger partial charge in [0.25, 0.3) is 0 Å². The lowest BCUT2D eigenvalue weighted by Crippen LogP contribution is -2.52. The van der Waals surface area contributed by atoms with E-state index in [4.69, 9.17) is 9.47 Å². The molecule has 3 rings (SSSR count). The third kappa shape index (κ3) is 4.72. The van der Waals surface area contributed by atoms with Gasteiger partial charge in [0.1, 0.15) is 11.6 Å². The lowest BCUT2D eigenvalue weighted by atomic mass is 9.66. The minimum atomic E-state index is -0.519. The molecule has 2 aromatic carbocycles. The summed E-state index contributed by atoms with van der Waals surface area (Å²) in [6, 6.07) is 14.4. The summed E-state index contributed by atoms with van der Waals surface area (Å²) >= 11 is 0. The molecule has 2 aromatic rings. The summed E-state index contributed by atoms with van der Waals surface area (Å²) in [6.45, 7) is 1.18. The normalized spacial score (nSPS) is 25.1. The smallest absolute Gasteiger partial charge is 0.123 e. The van der Waals surface area contributed by atoms with Crippen molar-refractivity contribution in [2.45, 2.75) is 43.5 Å². The van der Waals surface area contributed by atoms with Gasteiger partial charge in [-0.05, 0) is 62.3 Å². The van der Waals surface area contributed by atoms with E-state index >= 15 is 0 Å². The van der Waals surface area contributed by atoms with E-state index in [1.165, 1.54) is 12.1 Å². The fraction of sp³-hybridized carbons (Fsp3) is 0.478. The highest BCUT2D eigenvalue weighted by molar-refractivity contribution is 5.36. The first kappa shape index (κ1) is 20.8. The second-order valence-electron chi connectivity index (χ2n) is 7.98. The Morgan fingerprint density at radius 3 is 2.57 bits per heavy atom. The van der Waals surface area contributed by atoms with Crippen molar-refractivity contribution in [2.75, 3.05) is 27.7 Å². The van der Waals surface area contributed by atoms with Crippen LogP contribution >= 0.6 is 0 Å². The van der Waals surface area contributed by atoms with Crippen LogP contribution in [-0.4, -0.2) is 50.0 Å². The zero-order chi connectivity index (χ0) is 20.1. The van der Waals surface area contributed by atoms with Gasteiger partial charge in [-0.15, -0.1) is 0 Å². The van der Waals surface area contributed by atoms with Crippen LogP contribution in [0.15, 0.2) is 48.5 Å². The first-order chi connectivity index (χ1) is 13.4. The maximum absolute atomic E-state index is 13.1. The predicted molar refractivity (Wildman–Crippen MR) is 108 cm³/mol. The van der Waals surface area contributed by atoms with Gasteiger partial charge >= 0.3 is 0 Å². The van der Waals surface area contributed by atoms with Crippen LogP contribution in [0.5, 0.6) is 5.75 Å². The van der Waals surface area contributed by atoms with Crippen molar-refractivity contribution in [2.24, 2.45) is 0 Å². The fourth-order valence-electron chi connectivity index (χ4n) is 4.23. The van der Waals surface area contributed by atoms with Crippen molar-refractivity contribution in [3.05, 3.63) is 65.5 Å². The number of rotatable bonds is 7. The summed E-state index contributed by atoms with van der Waals surface area (Å²) in [6.07, 6.45) is 1.73. The number of likely N-dealkylation sites (N-methyl/N-ethyl adjacent to an activating group) is 1. The van der Waals surface area contributed by atoms with Crippen molar-refractivity contribution in [3.63, 3.8) is 0 Å². The molecule has 0 amide bonds. The SMILES string of the molecule is COc1cccc([C@@]2(CN(C)C)CC[C@H](OCc3ccc(F)cc3)C[C@H]2O)c1. The third-order valence-electron chi connectivity index (χ3n) is 5.68. The van der Waals surface area contributed by atoms with E-state index in [0.717, 1.165) is 36.3 Å². The molecule has 1 N–H and O–H groups in total. The molecule has 1 aliphatic rings. The third-order valence-corrected chi connectivity index (χ3v) is 5.68. The van der Waals surface area contributed by atoms with Crippen molar-refractivity contribution in [1.82, 2.24) is 4.90 Å². The summed E-state index contributed by atoms with van der Waals surface area (Å²) < 4.78 is 24.5. The fourth-order valence-corrected chi connectivity index (χ4v) is 4.23. The van der Waals surface area contributed by atoms with E-state index in [-0.39, 0.29) is 17.3 Å². The molecule has 0 aliphatic heterocycles. The van der Waals surface area contributed by atoms with Crippen LogP contribution in [0.1, 0.15) is 30.4 Å². The quantitative estimate of drug-likeness (QED) is 0.785. The molecule has 1 aliphatic carbocycles. The van der Waals surface area contributed by atoms with E-state index in [1.807, 2.05) is 32.3 Å². The number of aliphatic hydroxyl groups excluding tert-OH is 1. The van der Waals surface area contributed by atoms with Gasteiger partial charge in [0.2, 0.25) is 0 Å². The molecule has 5 heteroatoms. The summed E-state index contributed by atoms with van der Waals surface area (Å²) in [5, 5.41) is 11.2. The Balaban J connectivity index is 1.72. The maximum Gasteiger partial charge on any atom is 0.123 e. The van der Waals surface area contributed by atoms with Gasteiger partial charge in [-0.2, -0.15) is 0 Å². The Morgan fingerprint density at radius 2 is 1.93 bits per heavy atom. The first-order valence-corrected chi connectivity index (χ1v) is 9.76. The zero-order valence-electron chi connectivity index (χ0n) is 16.9. The standard InChI is InChI=1S/C23H30FNO3/c1-25(2)16-23(18-5-4-6-20(13-18)27-3)12-11-21(14-22(23)26)28-15-17-7-9-19(24)10-8-17/h4-10,13,21-22,26H,11-12,14-16H2,1-3H3/t21-,22+,23-/m0/s1. The Labute approximate surface area is 166 Å². The molecule has 0 spiro atoms. The molecule has 4 nitrogen and oxygen atoms in total. The van der Waals surface area contributed by atoms with Crippen LogP contribution in [0.25, 0.3) is 0 Å². The minimum Gasteiger partial charge on any atom is -0.497 e. The zero-order valence-corrected chi connectivity index (χ0v) is 16.9. The Hall–Kier alpha value is -1.95. The van der Waals surface area contributed by atoms with E-state index in [0.29, 0.717) is 13.0 Å². The van der Waals surface area contributed by atoms with Crippen molar-refractivity contribution in [1.29, 1.82) is 0 Å². The second kappa shape index (κ2) is 9.03. The molecule has 0 unspecified atom stereocenters. The van der Waals surface area contributed by atoms with Crippen LogP contribution < -0.4 is 4.74 Å². The number of hydrogen-bond acceptors (Lipinski definition) is 4. The highest BCUT2D eigenvalue weighted by atomic mass is 19.1. The maximum atomic E-state index is 13.1. The van der Waals surface area contributed by atoms with Gasteiger partial charge in [-0.25, -0.2) is 4.39 Å². The van der Waals surface area contributed by atoms with E-state index < -0.39 is 6.10 Å². The molecule has 0 aromatic heterocycles. The van der Waals surface area contributed by atoms with Crippen LogP contribution in [0.4, 0.5) is 4.39 Å². The molecule has 28 heavy (non-hydrogen) atoms. The number of benzene rings is 2. The number of aliphatic hydroxyl groups is 1. The number of hydrogen-bond donors (Lipinski definition) is 1. The number of nitrogens with zero attached hydrogens (tertiary/aromatic N) is 1. The van der Waals surface area contributed by atoms with Crippen molar-refractivity contribution >= 4 is 0 Å².